The normalized spacial score (nSPS) is 12.3. The van der Waals surface area contributed by atoms with Gasteiger partial charge in [0.25, 0.3) is 0 Å². The molecule has 1 aromatic rings. The number of nitrogens with zero attached hydrogens (tertiary/aromatic N) is 1. The van der Waals surface area contributed by atoms with Crippen molar-refractivity contribution in [3.63, 3.8) is 0 Å². The van der Waals surface area contributed by atoms with Gasteiger partial charge in [-0.1, -0.05) is 50.3 Å². The lowest BCUT2D eigenvalue weighted by atomic mass is 9.99. The van der Waals surface area contributed by atoms with Gasteiger partial charge in [-0.05, 0) is 37.8 Å². The van der Waals surface area contributed by atoms with Crippen LogP contribution < -0.4 is 5.32 Å². The van der Waals surface area contributed by atoms with E-state index in [1.807, 2.05) is 18.7 Å². The van der Waals surface area contributed by atoms with Gasteiger partial charge in [-0.25, -0.2) is 0 Å². The van der Waals surface area contributed by atoms with E-state index < -0.39 is 0 Å². The van der Waals surface area contributed by atoms with Crippen molar-refractivity contribution in [2.24, 2.45) is 0 Å². The number of nitrogens with one attached hydrogen (secondary N) is 1. The molecule has 0 spiro atoms. The first kappa shape index (κ1) is 18.4. The fourth-order valence-electron chi connectivity index (χ4n) is 2.34. The summed E-state index contributed by atoms with van der Waals surface area (Å²) in [5.74, 6) is 0.662. The Morgan fingerprint density at radius 1 is 1.18 bits per heavy atom. The van der Waals surface area contributed by atoms with Gasteiger partial charge in [-0.3, -0.25) is 4.79 Å². The van der Waals surface area contributed by atoms with E-state index in [9.17, 15) is 4.79 Å². The Bertz CT molecular complexity index is 491. The largest absolute Gasteiger partial charge is 0.338 e. The molecule has 22 heavy (non-hydrogen) atoms. The smallest absolute Gasteiger partial charge is 0.236 e. The van der Waals surface area contributed by atoms with Crippen LogP contribution in [0.4, 0.5) is 0 Å². The molecule has 1 rings (SSSR count). The van der Waals surface area contributed by atoms with Crippen LogP contribution in [0.5, 0.6) is 0 Å². The van der Waals surface area contributed by atoms with Crippen molar-refractivity contribution >= 4 is 5.91 Å². The number of hydrogen-bond donors (Lipinski definition) is 1. The fraction of sp³-hybridized carbons (Fsp3) is 0.526. The molecule has 0 radical (unpaired) electrons. The quantitative estimate of drug-likeness (QED) is 0.739. The molecule has 0 aliphatic rings. The number of likely N-dealkylation sites (N-methyl/N-ethyl adjacent to an activating group) is 1. The van der Waals surface area contributed by atoms with Crippen molar-refractivity contribution in [1.29, 1.82) is 0 Å². The topological polar surface area (TPSA) is 32.3 Å². The number of carbonyl (C=O) groups is 1. The van der Waals surface area contributed by atoms with Gasteiger partial charge in [0, 0.05) is 19.1 Å². The summed E-state index contributed by atoms with van der Waals surface area (Å²) < 4.78 is 0. The zero-order chi connectivity index (χ0) is 16.7. The molecule has 0 saturated carbocycles. The van der Waals surface area contributed by atoms with Gasteiger partial charge >= 0.3 is 0 Å². The Balaban J connectivity index is 2.55. The van der Waals surface area contributed by atoms with Crippen LogP contribution in [0.2, 0.25) is 0 Å². The maximum absolute atomic E-state index is 12.2. The van der Waals surface area contributed by atoms with Gasteiger partial charge in [-0.2, -0.15) is 0 Å². The molecule has 1 amide bonds. The fourth-order valence-corrected chi connectivity index (χ4v) is 2.34. The molecule has 1 atom stereocenters. The first-order valence-electron chi connectivity index (χ1n) is 8.10. The SMILES string of the molecule is C=C(C)CN(CC)C(=O)CNC(C)c1ccc(C(C)C)cc1. The highest BCUT2D eigenvalue weighted by molar-refractivity contribution is 5.78. The highest BCUT2D eigenvalue weighted by Crippen LogP contribution is 2.18. The number of rotatable bonds is 8. The van der Waals surface area contributed by atoms with Crippen LogP contribution in [0.15, 0.2) is 36.4 Å². The summed E-state index contributed by atoms with van der Waals surface area (Å²) in [5, 5.41) is 3.31. The third-order valence-electron chi connectivity index (χ3n) is 3.86. The minimum absolute atomic E-state index is 0.121. The van der Waals surface area contributed by atoms with Crippen LogP contribution in [-0.4, -0.2) is 30.4 Å². The van der Waals surface area contributed by atoms with Crippen molar-refractivity contribution in [3.8, 4) is 0 Å². The predicted molar refractivity (Wildman–Crippen MR) is 94.0 cm³/mol. The minimum atomic E-state index is 0.121. The molecule has 0 saturated heterocycles. The molecule has 0 aliphatic carbocycles. The second-order valence-electron chi connectivity index (χ2n) is 6.29. The van der Waals surface area contributed by atoms with Crippen LogP contribution in [0.25, 0.3) is 0 Å². The molecule has 1 N–H and O–H groups in total. The average molecular weight is 302 g/mol. The van der Waals surface area contributed by atoms with E-state index in [-0.39, 0.29) is 11.9 Å². The van der Waals surface area contributed by atoms with E-state index in [0.29, 0.717) is 25.6 Å². The lowest BCUT2D eigenvalue weighted by Gasteiger charge is -2.23. The second kappa shape index (κ2) is 8.74. The first-order valence-corrected chi connectivity index (χ1v) is 8.10. The van der Waals surface area contributed by atoms with Crippen LogP contribution in [0.1, 0.15) is 57.7 Å². The van der Waals surface area contributed by atoms with Crippen LogP contribution in [0, 0.1) is 0 Å². The van der Waals surface area contributed by atoms with Crippen LogP contribution >= 0.6 is 0 Å². The maximum Gasteiger partial charge on any atom is 0.236 e. The lowest BCUT2D eigenvalue weighted by molar-refractivity contribution is -0.129. The molecule has 0 aromatic heterocycles. The monoisotopic (exact) mass is 302 g/mol. The second-order valence-corrected chi connectivity index (χ2v) is 6.29. The van der Waals surface area contributed by atoms with E-state index in [2.05, 4.69) is 56.9 Å². The molecular weight excluding hydrogens is 272 g/mol. The molecule has 122 valence electrons. The molecule has 1 aromatic carbocycles. The Morgan fingerprint density at radius 3 is 2.18 bits per heavy atom. The van der Waals surface area contributed by atoms with E-state index in [4.69, 9.17) is 0 Å². The summed E-state index contributed by atoms with van der Waals surface area (Å²) in [7, 11) is 0. The zero-order valence-electron chi connectivity index (χ0n) is 14.6. The van der Waals surface area contributed by atoms with Gasteiger partial charge in [0.2, 0.25) is 5.91 Å². The van der Waals surface area contributed by atoms with Gasteiger partial charge in [0.1, 0.15) is 0 Å². The molecule has 0 aliphatic heterocycles. The summed E-state index contributed by atoms with van der Waals surface area (Å²) in [6.45, 7) is 16.0. The third kappa shape index (κ3) is 5.64. The Hall–Kier alpha value is -1.61. The van der Waals surface area contributed by atoms with Gasteiger partial charge in [0.05, 0.1) is 6.54 Å². The van der Waals surface area contributed by atoms with Crippen molar-refractivity contribution in [3.05, 3.63) is 47.5 Å². The molecule has 3 heteroatoms. The highest BCUT2D eigenvalue weighted by Gasteiger charge is 2.13. The molecule has 1 unspecified atom stereocenters. The summed E-state index contributed by atoms with van der Waals surface area (Å²) in [5.41, 5.74) is 3.55. The van der Waals surface area contributed by atoms with E-state index in [0.717, 1.165) is 5.57 Å². The Kier molecular flexibility index (Phi) is 7.33. The number of benzene rings is 1. The number of amides is 1. The summed E-state index contributed by atoms with van der Waals surface area (Å²) in [6, 6.07) is 8.78. The van der Waals surface area contributed by atoms with Crippen molar-refractivity contribution < 1.29 is 4.79 Å². The number of hydrogen-bond acceptors (Lipinski definition) is 2. The van der Waals surface area contributed by atoms with Crippen molar-refractivity contribution in [1.82, 2.24) is 10.2 Å². The summed E-state index contributed by atoms with van der Waals surface area (Å²) in [6.07, 6.45) is 0. The number of carbonyl (C=O) groups excluding carboxylic acids is 1. The van der Waals surface area contributed by atoms with E-state index in [1.165, 1.54) is 11.1 Å². The highest BCUT2D eigenvalue weighted by atomic mass is 16.2. The first-order chi connectivity index (χ1) is 10.3. The van der Waals surface area contributed by atoms with Crippen LogP contribution in [-0.2, 0) is 4.79 Å². The average Bonchev–Trinajstić information content (AvgIpc) is 2.49. The summed E-state index contributed by atoms with van der Waals surface area (Å²) in [4.78, 5) is 14.0. The van der Waals surface area contributed by atoms with E-state index >= 15 is 0 Å². The summed E-state index contributed by atoms with van der Waals surface area (Å²) >= 11 is 0. The predicted octanol–water partition coefficient (Wildman–Crippen LogP) is 3.89. The molecular formula is C19H30N2O. The Morgan fingerprint density at radius 2 is 1.73 bits per heavy atom. The minimum Gasteiger partial charge on any atom is -0.338 e. The lowest BCUT2D eigenvalue weighted by Crippen LogP contribution is -2.39. The van der Waals surface area contributed by atoms with E-state index in [1.54, 1.807) is 0 Å². The maximum atomic E-state index is 12.2. The van der Waals surface area contributed by atoms with Gasteiger partial charge < -0.3 is 10.2 Å². The standard InChI is InChI=1S/C19H30N2O/c1-7-21(13-14(2)3)19(22)12-20-16(6)18-10-8-17(9-11-18)15(4)5/h8-11,15-16,20H,2,7,12-13H2,1,3-6H3. The zero-order valence-corrected chi connectivity index (χ0v) is 14.6. The molecule has 0 heterocycles. The third-order valence-corrected chi connectivity index (χ3v) is 3.86. The Labute approximate surface area is 135 Å². The van der Waals surface area contributed by atoms with Crippen molar-refractivity contribution in [2.75, 3.05) is 19.6 Å². The molecule has 3 nitrogen and oxygen atoms in total. The van der Waals surface area contributed by atoms with Crippen LogP contribution in [0.3, 0.4) is 0 Å². The van der Waals surface area contributed by atoms with Gasteiger partial charge in [-0.15, -0.1) is 0 Å². The molecule has 0 bridgehead atoms. The van der Waals surface area contributed by atoms with Crippen molar-refractivity contribution in [2.45, 2.75) is 46.6 Å². The van der Waals surface area contributed by atoms with Gasteiger partial charge in [0.15, 0.2) is 0 Å². The molecule has 0 fully saturated rings.